The lowest BCUT2D eigenvalue weighted by Crippen LogP contribution is -2.36. The molecule has 122 valence electrons. The van der Waals surface area contributed by atoms with E-state index in [-0.39, 0.29) is 17.4 Å². The average Bonchev–Trinajstić information content (AvgIpc) is 2.79. The third-order valence-corrected chi connectivity index (χ3v) is 4.01. The number of halogens is 3. The molecule has 1 saturated heterocycles. The molecule has 1 aromatic rings. The maximum Gasteiger partial charge on any atom is 0.416 e. The Morgan fingerprint density at radius 3 is 2.45 bits per heavy atom. The molecular weight excluding hydrogens is 293 g/mol. The molecule has 1 N–H and O–H groups in total. The molecule has 0 saturated carbocycles. The van der Waals surface area contributed by atoms with Gasteiger partial charge in [0.1, 0.15) is 0 Å². The Labute approximate surface area is 128 Å². The lowest BCUT2D eigenvalue weighted by molar-refractivity contribution is -0.137. The Morgan fingerprint density at radius 1 is 1.27 bits per heavy atom. The van der Waals surface area contributed by atoms with E-state index in [4.69, 9.17) is 0 Å². The van der Waals surface area contributed by atoms with Crippen LogP contribution in [0.25, 0.3) is 0 Å². The monoisotopic (exact) mass is 314 g/mol. The number of alkyl halides is 3. The van der Waals surface area contributed by atoms with Crippen molar-refractivity contribution in [1.29, 1.82) is 0 Å². The van der Waals surface area contributed by atoms with Gasteiger partial charge in [0.2, 0.25) is 0 Å². The zero-order valence-corrected chi connectivity index (χ0v) is 13.0. The van der Waals surface area contributed by atoms with Crippen LogP contribution in [0.15, 0.2) is 24.3 Å². The van der Waals surface area contributed by atoms with Crippen LogP contribution in [0.4, 0.5) is 18.0 Å². The second kappa shape index (κ2) is 5.82. The first-order valence-corrected chi connectivity index (χ1v) is 7.29. The molecule has 0 aliphatic carbocycles. The Kier molecular flexibility index (Phi) is 4.40. The van der Waals surface area contributed by atoms with Gasteiger partial charge in [0.15, 0.2) is 0 Å². The number of nitrogens with zero attached hydrogens (tertiary/aromatic N) is 1. The molecule has 2 amide bonds. The van der Waals surface area contributed by atoms with Crippen LogP contribution in [-0.4, -0.2) is 30.6 Å². The van der Waals surface area contributed by atoms with Crippen molar-refractivity contribution >= 4 is 6.03 Å². The van der Waals surface area contributed by atoms with Crippen molar-refractivity contribution in [2.24, 2.45) is 5.41 Å². The highest BCUT2D eigenvalue weighted by molar-refractivity contribution is 5.76. The molecule has 1 heterocycles. The number of hydrogen-bond acceptors (Lipinski definition) is 1. The topological polar surface area (TPSA) is 32.3 Å². The third kappa shape index (κ3) is 3.72. The summed E-state index contributed by atoms with van der Waals surface area (Å²) in [5.74, 6) is -0.168. The minimum atomic E-state index is -4.36. The van der Waals surface area contributed by atoms with E-state index in [1.165, 1.54) is 12.1 Å². The fourth-order valence-electron chi connectivity index (χ4n) is 2.72. The van der Waals surface area contributed by atoms with Crippen molar-refractivity contribution in [2.45, 2.75) is 32.9 Å². The van der Waals surface area contributed by atoms with Gasteiger partial charge in [-0.05, 0) is 17.0 Å². The SMILES string of the molecule is CC(C)(C)C(CN1CCNC1=O)c1cccc(C(F)(F)F)c1. The van der Waals surface area contributed by atoms with Gasteiger partial charge in [-0.2, -0.15) is 13.2 Å². The molecule has 6 heteroatoms. The molecule has 0 bridgehead atoms. The minimum Gasteiger partial charge on any atom is -0.336 e. The highest BCUT2D eigenvalue weighted by atomic mass is 19.4. The van der Waals surface area contributed by atoms with Crippen molar-refractivity contribution in [2.75, 3.05) is 19.6 Å². The van der Waals surface area contributed by atoms with E-state index in [0.29, 0.717) is 25.2 Å². The molecule has 1 unspecified atom stereocenters. The summed E-state index contributed by atoms with van der Waals surface area (Å²) in [4.78, 5) is 13.4. The number of carbonyl (C=O) groups excluding carboxylic acids is 1. The van der Waals surface area contributed by atoms with Gasteiger partial charge in [0.05, 0.1) is 5.56 Å². The maximum absolute atomic E-state index is 12.9. The van der Waals surface area contributed by atoms with E-state index in [2.05, 4.69) is 5.32 Å². The molecule has 3 nitrogen and oxygen atoms in total. The molecule has 0 aromatic heterocycles. The van der Waals surface area contributed by atoms with Gasteiger partial charge in [-0.25, -0.2) is 4.79 Å². The molecule has 1 atom stereocenters. The Morgan fingerprint density at radius 2 is 1.95 bits per heavy atom. The Hall–Kier alpha value is -1.72. The van der Waals surface area contributed by atoms with E-state index >= 15 is 0 Å². The number of amides is 2. The molecule has 1 aromatic carbocycles. The minimum absolute atomic E-state index is 0.152. The zero-order valence-electron chi connectivity index (χ0n) is 13.0. The van der Waals surface area contributed by atoms with Gasteiger partial charge >= 0.3 is 12.2 Å². The predicted octanol–water partition coefficient (Wildman–Crippen LogP) is 3.86. The van der Waals surface area contributed by atoms with Crippen LogP contribution in [0.3, 0.4) is 0 Å². The Bertz CT molecular complexity index is 549. The molecular formula is C16H21F3N2O. The fourth-order valence-corrected chi connectivity index (χ4v) is 2.72. The number of benzene rings is 1. The number of rotatable bonds is 3. The fraction of sp³-hybridized carbons (Fsp3) is 0.562. The zero-order chi connectivity index (χ0) is 16.5. The second-order valence-electron chi connectivity index (χ2n) is 6.72. The lowest BCUT2D eigenvalue weighted by atomic mass is 9.76. The summed E-state index contributed by atoms with van der Waals surface area (Å²) in [6.45, 7) is 7.52. The van der Waals surface area contributed by atoms with Crippen molar-refractivity contribution in [3.05, 3.63) is 35.4 Å². The van der Waals surface area contributed by atoms with Crippen LogP contribution in [0, 0.1) is 5.41 Å². The molecule has 0 radical (unpaired) electrons. The van der Waals surface area contributed by atoms with Crippen molar-refractivity contribution in [3.63, 3.8) is 0 Å². The van der Waals surface area contributed by atoms with Gasteiger partial charge in [0, 0.05) is 25.6 Å². The summed E-state index contributed by atoms with van der Waals surface area (Å²) >= 11 is 0. The maximum atomic E-state index is 12.9. The molecule has 1 fully saturated rings. The van der Waals surface area contributed by atoms with Crippen LogP contribution in [0.5, 0.6) is 0 Å². The van der Waals surface area contributed by atoms with E-state index < -0.39 is 11.7 Å². The van der Waals surface area contributed by atoms with Gasteiger partial charge in [-0.15, -0.1) is 0 Å². The molecule has 2 rings (SSSR count). The highest BCUT2D eigenvalue weighted by Crippen LogP contribution is 2.38. The molecule has 1 aliphatic heterocycles. The van der Waals surface area contributed by atoms with Crippen LogP contribution < -0.4 is 5.32 Å². The lowest BCUT2D eigenvalue weighted by Gasteiger charge is -2.34. The quantitative estimate of drug-likeness (QED) is 0.903. The number of hydrogen-bond donors (Lipinski definition) is 1. The third-order valence-electron chi connectivity index (χ3n) is 4.01. The summed E-state index contributed by atoms with van der Waals surface area (Å²) in [6, 6.07) is 5.26. The molecule has 1 aliphatic rings. The summed E-state index contributed by atoms with van der Waals surface area (Å²) in [5, 5.41) is 2.72. The van der Waals surface area contributed by atoms with Crippen molar-refractivity contribution in [1.82, 2.24) is 10.2 Å². The van der Waals surface area contributed by atoms with Crippen LogP contribution >= 0.6 is 0 Å². The molecule has 22 heavy (non-hydrogen) atoms. The summed E-state index contributed by atoms with van der Waals surface area (Å²) < 4.78 is 38.8. The van der Waals surface area contributed by atoms with Crippen molar-refractivity contribution in [3.8, 4) is 0 Å². The van der Waals surface area contributed by atoms with Crippen LogP contribution in [0.1, 0.15) is 37.8 Å². The van der Waals surface area contributed by atoms with Crippen LogP contribution in [0.2, 0.25) is 0 Å². The summed E-state index contributed by atoms with van der Waals surface area (Å²) in [6.07, 6.45) is -4.36. The van der Waals surface area contributed by atoms with E-state index in [9.17, 15) is 18.0 Å². The average molecular weight is 314 g/mol. The smallest absolute Gasteiger partial charge is 0.336 e. The standard InChI is InChI=1S/C16H21F3N2O/c1-15(2,3)13(10-21-8-7-20-14(21)22)11-5-4-6-12(9-11)16(17,18)19/h4-6,9,13H,7-8,10H2,1-3H3,(H,20,22). The largest absolute Gasteiger partial charge is 0.416 e. The second-order valence-corrected chi connectivity index (χ2v) is 6.72. The number of urea groups is 1. The first-order chi connectivity index (χ1) is 10.1. The van der Waals surface area contributed by atoms with E-state index in [1.54, 1.807) is 11.0 Å². The number of carbonyl (C=O) groups is 1. The van der Waals surface area contributed by atoms with Gasteiger partial charge in [-0.3, -0.25) is 0 Å². The van der Waals surface area contributed by atoms with Gasteiger partial charge < -0.3 is 10.2 Å². The first kappa shape index (κ1) is 16.6. The summed E-state index contributed by atoms with van der Waals surface area (Å²) in [7, 11) is 0. The van der Waals surface area contributed by atoms with Gasteiger partial charge in [0.25, 0.3) is 0 Å². The Balaban J connectivity index is 2.32. The van der Waals surface area contributed by atoms with E-state index in [0.717, 1.165) is 6.07 Å². The van der Waals surface area contributed by atoms with E-state index in [1.807, 2.05) is 20.8 Å². The normalized spacial score (nSPS) is 17.5. The van der Waals surface area contributed by atoms with Crippen LogP contribution in [-0.2, 0) is 6.18 Å². The first-order valence-electron chi connectivity index (χ1n) is 7.29. The summed E-state index contributed by atoms with van der Waals surface area (Å²) in [5.41, 5.74) is -0.292. The van der Waals surface area contributed by atoms with Crippen molar-refractivity contribution < 1.29 is 18.0 Å². The predicted molar refractivity (Wildman–Crippen MR) is 78.6 cm³/mol. The highest BCUT2D eigenvalue weighted by Gasteiger charge is 2.34. The van der Waals surface area contributed by atoms with Gasteiger partial charge in [-0.1, -0.05) is 39.0 Å². The molecule has 0 spiro atoms. The number of nitrogens with one attached hydrogen (secondary N) is 1.